The topological polar surface area (TPSA) is 124 Å². The normalized spacial score (nSPS) is 15.6. The van der Waals surface area contributed by atoms with Crippen LogP contribution in [0.5, 0.6) is 17.2 Å². The van der Waals surface area contributed by atoms with Gasteiger partial charge in [0, 0.05) is 5.56 Å². The second kappa shape index (κ2) is 16.1. The Morgan fingerprint density at radius 2 is 1.70 bits per heavy atom. The van der Waals surface area contributed by atoms with E-state index in [1.165, 1.54) is 11.0 Å². The van der Waals surface area contributed by atoms with Crippen LogP contribution in [0, 0.1) is 6.92 Å². The summed E-state index contributed by atoms with van der Waals surface area (Å²) in [5, 5.41) is 11.7. The molecule has 0 spiro atoms. The molecule has 1 aromatic heterocycles. The lowest BCUT2D eigenvalue weighted by molar-refractivity contribution is -0.132. The second-order valence-corrected chi connectivity index (χ2v) is 11.5. The van der Waals surface area contributed by atoms with Gasteiger partial charge < -0.3 is 24.1 Å². The Morgan fingerprint density at radius 3 is 2.35 bits per heavy atom. The largest absolute Gasteiger partial charge is 0.507 e. The number of amides is 1. The number of unbranched alkanes of at least 4 members (excludes halogenated alkanes) is 2. The van der Waals surface area contributed by atoms with E-state index in [0.29, 0.717) is 53.9 Å². The summed E-state index contributed by atoms with van der Waals surface area (Å²) in [6.07, 6.45) is 5.16. The van der Waals surface area contributed by atoms with Crippen molar-refractivity contribution in [3.05, 3.63) is 82.4 Å². The van der Waals surface area contributed by atoms with Crippen LogP contribution < -0.4 is 19.1 Å². The van der Waals surface area contributed by atoms with E-state index in [-0.39, 0.29) is 27.9 Å². The highest BCUT2D eigenvalue weighted by molar-refractivity contribution is 7.17. The minimum absolute atomic E-state index is 0.00529. The Bertz CT molecular complexity index is 1590. The number of aryl methyl sites for hydroxylation is 1. The van der Waals surface area contributed by atoms with Gasteiger partial charge in [-0.25, -0.2) is 9.78 Å². The molecule has 0 radical (unpaired) electrons. The fourth-order valence-corrected chi connectivity index (χ4v) is 5.82. The number of aliphatic hydroxyl groups excluding tert-OH is 1. The van der Waals surface area contributed by atoms with E-state index >= 15 is 0 Å². The van der Waals surface area contributed by atoms with E-state index in [9.17, 15) is 19.5 Å². The molecule has 244 valence electrons. The smallest absolute Gasteiger partial charge is 0.350 e. The molecule has 2 heterocycles. The van der Waals surface area contributed by atoms with Crippen molar-refractivity contribution in [2.45, 2.75) is 59.4 Å². The highest BCUT2D eigenvalue weighted by Gasteiger charge is 2.48. The summed E-state index contributed by atoms with van der Waals surface area (Å²) < 4.78 is 22.8. The molecular formula is C35H40N2O8S. The van der Waals surface area contributed by atoms with Crippen molar-refractivity contribution in [2.24, 2.45) is 0 Å². The SMILES string of the molecule is C=CCOC(=O)c1sc(N2C(=O)C(=O)C(=C(O)c3ccc(OCCCC)cc3)[C@H]2c2ccc(OCCCC)c(OCC)c2)nc1C. The summed E-state index contributed by atoms with van der Waals surface area (Å²) >= 11 is 0.928. The quantitative estimate of drug-likeness (QED) is 0.0430. The predicted octanol–water partition coefficient (Wildman–Crippen LogP) is 7.18. The molecule has 1 amide bonds. The van der Waals surface area contributed by atoms with Crippen LogP contribution in [0.3, 0.4) is 0 Å². The van der Waals surface area contributed by atoms with E-state index in [0.717, 1.165) is 37.0 Å². The van der Waals surface area contributed by atoms with E-state index in [1.54, 1.807) is 49.4 Å². The molecule has 1 N–H and O–H groups in total. The van der Waals surface area contributed by atoms with Gasteiger partial charge in [-0.05, 0) is 68.7 Å². The van der Waals surface area contributed by atoms with Gasteiger partial charge in [0.15, 0.2) is 16.6 Å². The lowest BCUT2D eigenvalue weighted by atomic mass is 9.95. The Balaban J connectivity index is 1.84. The first-order chi connectivity index (χ1) is 22.2. The Labute approximate surface area is 273 Å². The fraction of sp³-hybridized carbons (Fsp3) is 0.371. The van der Waals surface area contributed by atoms with E-state index in [4.69, 9.17) is 18.9 Å². The standard InChI is InChI=1S/C35H40N2O8S/c1-6-10-19-43-25-15-12-23(13-16-25)30(38)28-29(24-14-17-26(44-20-11-7-2)27(21-24)42-9-4)37(33(40)31(28)39)35-36-22(5)32(46-35)34(41)45-18-8-3/h8,12-17,21,29,38H,3,6-7,9-11,18-20H2,1-2,4-5H3/t29-/m1/s1. The molecule has 4 rings (SSSR count). The van der Waals surface area contributed by atoms with Crippen molar-refractivity contribution in [1.82, 2.24) is 4.98 Å². The highest BCUT2D eigenvalue weighted by Crippen LogP contribution is 2.45. The highest BCUT2D eigenvalue weighted by atomic mass is 32.1. The van der Waals surface area contributed by atoms with E-state index in [1.807, 2.05) is 6.92 Å². The van der Waals surface area contributed by atoms with Gasteiger partial charge in [-0.3, -0.25) is 14.5 Å². The number of ketones is 1. The number of carbonyl (C=O) groups excluding carboxylic acids is 3. The first kappa shape index (κ1) is 34.2. The molecule has 3 aromatic rings. The van der Waals surface area contributed by atoms with Crippen LogP contribution in [0.15, 0.2) is 60.7 Å². The summed E-state index contributed by atoms with van der Waals surface area (Å²) in [5.41, 5.74) is 1.02. The number of hydrogen-bond donors (Lipinski definition) is 1. The van der Waals surface area contributed by atoms with Gasteiger partial charge in [0.1, 0.15) is 23.0 Å². The molecule has 1 fully saturated rings. The van der Waals surface area contributed by atoms with Crippen molar-refractivity contribution < 1.29 is 38.4 Å². The van der Waals surface area contributed by atoms with E-state index in [2.05, 4.69) is 25.4 Å². The van der Waals surface area contributed by atoms with Gasteiger partial charge in [-0.1, -0.05) is 56.7 Å². The minimum Gasteiger partial charge on any atom is -0.507 e. The average Bonchev–Trinajstić information content (AvgIpc) is 3.56. The van der Waals surface area contributed by atoms with Gasteiger partial charge in [0.25, 0.3) is 5.78 Å². The lowest BCUT2D eigenvalue weighted by Gasteiger charge is -2.24. The molecule has 1 saturated heterocycles. The molecule has 46 heavy (non-hydrogen) atoms. The van der Waals surface area contributed by atoms with Crippen LogP contribution in [0.25, 0.3) is 5.76 Å². The number of benzene rings is 2. The van der Waals surface area contributed by atoms with Crippen molar-refractivity contribution >= 4 is 39.9 Å². The number of carbonyl (C=O) groups is 3. The molecule has 1 aliphatic rings. The van der Waals surface area contributed by atoms with Crippen molar-refractivity contribution in [3.63, 3.8) is 0 Å². The lowest BCUT2D eigenvalue weighted by Crippen LogP contribution is -2.29. The van der Waals surface area contributed by atoms with Gasteiger partial charge in [0.2, 0.25) is 0 Å². The first-order valence-electron chi connectivity index (χ1n) is 15.4. The molecule has 0 aliphatic carbocycles. The zero-order valence-corrected chi connectivity index (χ0v) is 27.5. The maximum atomic E-state index is 13.7. The molecular weight excluding hydrogens is 608 g/mol. The fourth-order valence-electron chi connectivity index (χ4n) is 4.83. The average molecular weight is 649 g/mol. The molecule has 1 aliphatic heterocycles. The molecule has 0 unspecified atom stereocenters. The number of aromatic nitrogens is 1. The zero-order valence-electron chi connectivity index (χ0n) is 26.7. The third-order valence-electron chi connectivity index (χ3n) is 7.19. The van der Waals surface area contributed by atoms with Crippen LogP contribution in [0.1, 0.15) is 79.0 Å². The monoisotopic (exact) mass is 648 g/mol. The van der Waals surface area contributed by atoms with Crippen LogP contribution >= 0.6 is 11.3 Å². The Hall–Kier alpha value is -4.64. The zero-order chi connectivity index (χ0) is 33.2. The molecule has 10 nitrogen and oxygen atoms in total. The molecule has 0 bridgehead atoms. The number of rotatable bonds is 16. The molecule has 0 saturated carbocycles. The van der Waals surface area contributed by atoms with Crippen molar-refractivity contribution in [3.8, 4) is 17.2 Å². The third-order valence-corrected chi connectivity index (χ3v) is 8.32. The summed E-state index contributed by atoms with van der Waals surface area (Å²) in [6, 6.07) is 10.7. The molecule has 11 heteroatoms. The second-order valence-electron chi connectivity index (χ2n) is 10.5. The van der Waals surface area contributed by atoms with Crippen LogP contribution in [-0.4, -0.2) is 54.2 Å². The minimum atomic E-state index is -1.09. The maximum absolute atomic E-state index is 13.7. The number of aliphatic hydroxyl groups is 1. The Kier molecular flexibility index (Phi) is 12.0. The summed E-state index contributed by atoms with van der Waals surface area (Å²) in [7, 11) is 0. The van der Waals surface area contributed by atoms with Gasteiger partial charge in [-0.15, -0.1) is 0 Å². The predicted molar refractivity (Wildman–Crippen MR) is 177 cm³/mol. The summed E-state index contributed by atoms with van der Waals surface area (Å²) in [5.74, 6) is -1.20. The van der Waals surface area contributed by atoms with Gasteiger partial charge in [0.05, 0.1) is 37.1 Å². The Morgan fingerprint density at radius 1 is 1.00 bits per heavy atom. The number of hydrogen-bond acceptors (Lipinski definition) is 10. The number of Topliss-reactive ketones (excluding diaryl/α,β-unsaturated/α-hetero) is 1. The number of esters is 1. The molecule has 1 atom stereocenters. The van der Waals surface area contributed by atoms with Crippen LogP contribution in [0.4, 0.5) is 5.13 Å². The van der Waals surface area contributed by atoms with Crippen molar-refractivity contribution in [1.29, 1.82) is 0 Å². The summed E-state index contributed by atoms with van der Waals surface area (Å²) in [6.45, 7) is 12.6. The third kappa shape index (κ3) is 7.59. The van der Waals surface area contributed by atoms with Crippen LogP contribution in [0.2, 0.25) is 0 Å². The number of anilines is 1. The van der Waals surface area contributed by atoms with Crippen molar-refractivity contribution in [2.75, 3.05) is 31.3 Å². The van der Waals surface area contributed by atoms with Gasteiger partial charge >= 0.3 is 11.9 Å². The van der Waals surface area contributed by atoms with Gasteiger partial charge in [-0.2, -0.15) is 0 Å². The maximum Gasteiger partial charge on any atom is 0.350 e. The number of nitrogens with zero attached hydrogens (tertiary/aromatic N) is 2. The number of thiazole rings is 1. The van der Waals surface area contributed by atoms with E-state index < -0.39 is 23.7 Å². The first-order valence-corrected chi connectivity index (χ1v) is 16.3. The summed E-state index contributed by atoms with van der Waals surface area (Å²) in [4.78, 5) is 46.1. The van der Waals surface area contributed by atoms with Crippen LogP contribution in [-0.2, 0) is 14.3 Å². The number of ether oxygens (including phenoxy) is 4. The molecule has 2 aromatic carbocycles.